The van der Waals surface area contributed by atoms with Gasteiger partial charge in [0.05, 0.1) is 12.4 Å². The van der Waals surface area contributed by atoms with Crippen molar-refractivity contribution in [2.75, 3.05) is 31.6 Å². The van der Waals surface area contributed by atoms with Crippen LogP contribution in [0.25, 0.3) is 0 Å². The fourth-order valence-corrected chi connectivity index (χ4v) is 2.28. The molecular weight excluding hydrogens is 268 g/mol. The number of ether oxygens (including phenoxy) is 1. The molecule has 0 aromatic carbocycles. The van der Waals surface area contributed by atoms with Gasteiger partial charge < -0.3 is 10.1 Å². The summed E-state index contributed by atoms with van der Waals surface area (Å²) in [5.74, 6) is 0.415. The molecule has 0 aliphatic heterocycles. The van der Waals surface area contributed by atoms with Crippen molar-refractivity contribution >= 4 is 16.0 Å². The highest BCUT2D eigenvalue weighted by Gasteiger charge is 2.14. The summed E-state index contributed by atoms with van der Waals surface area (Å²) in [4.78, 5) is 7.91. The van der Waals surface area contributed by atoms with Gasteiger partial charge in [-0.25, -0.2) is 23.1 Å². The van der Waals surface area contributed by atoms with Crippen LogP contribution in [0.3, 0.4) is 0 Å². The van der Waals surface area contributed by atoms with E-state index in [4.69, 9.17) is 4.74 Å². The molecule has 0 aliphatic rings. The molecule has 0 atom stereocenters. The van der Waals surface area contributed by atoms with Crippen LogP contribution in [0, 0.1) is 0 Å². The van der Waals surface area contributed by atoms with Crippen molar-refractivity contribution in [1.82, 2.24) is 14.7 Å². The zero-order valence-corrected chi connectivity index (χ0v) is 12.0. The minimum Gasteiger partial charge on any atom is -0.382 e. The molecule has 19 heavy (non-hydrogen) atoms. The lowest BCUT2D eigenvalue weighted by atomic mass is 10.5. The molecule has 0 unspecified atom stereocenters. The highest BCUT2D eigenvalue weighted by atomic mass is 32.2. The van der Waals surface area contributed by atoms with E-state index in [1.165, 1.54) is 12.4 Å². The van der Waals surface area contributed by atoms with E-state index in [2.05, 4.69) is 20.0 Å². The first-order valence-electron chi connectivity index (χ1n) is 6.23. The summed E-state index contributed by atoms with van der Waals surface area (Å²) in [6.07, 6.45) is 3.20. The van der Waals surface area contributed by atoms with Crippen molar-refractivity contribution in [2.45, 2.75) is 25.2 Å². The predicted octanol–water partition coefficient (Wildman–Crippen LogP) is 0.613. The number of rotatable bonds is 9. The first-order valence-corrected chi connectivity index (χ1v) is 7.71. The Morgan fingerprint density at radius 2 is 1.95 bits per heavy atom. The molecule has 1 heterocycles. The Hall–Kier alpha value is -1.25. The van der Waals surface area contributed by atoms with E-state index in [1.54, 1.807) is 0 Å². The second-order valence-corrected chi connectivity index (χ2v) is 5.49. The maximum absolute atomic E-state index is 11.9. The van der Waals surface area contributed by atoms with Crippen molar-refractivity contribution in [2.24, 2.45) is 0 Å². The van der Waals surface area contributed by atoms with Crippen LogP contribution in [-0.4, -0.2) is 44.7 Å². The van der Waals surface area contributed by atoms with Crippen molar-refractivity contribution in [3.63, 3.8) is 0 Å². The third-order valence-electron chi connectivity index (χ3n) is 2.23. The van der Waals surface area contributed by atoms with E-state index in [0.717, 1.165) is 0 Å². The number of hydrogen-bond donors (Lipinski definition) is 2. The van der Waals surface area contributed by atoms with E-state index < -0.39 is 10.0 Å². The first kappa shape index (κ1) is 15.8. The Balaban J connectivity index is 2.52. The second kappa shape index (κ2) is 8.03. The van der Waals surface area contributed by atoms with Crippen LogP contribution in [-0.2, 0) is 14.8 Å². The summed E-state index contributed by atoms with van der Waals surface area (Å²) in [6.45, 7) is 5.99. The van der Waals surface area contributed by atoms with Gasteiger partial charge in [-0.15, -0.1) is 0 Å². The number of nitrogens with one attached hydrogen (secondary N) is 2. The second-order valence-electron chi connectivity index (χ2n) is 3.72. The topological polar surface area (TPSA) is 93.2 Å². The molecule has 2 N–H and O–H groups in total. The van der Waals surface area contributed by atoms with Crippen molar-refractivity contribution in [3.8, 4) is 0 Å². The molecule has 0 saturated heterocycles. The van der Waals surface area contributed by atoms with Crippen LogP contribution >= 0.6 is 0 Å². The quantitative estimate of drug-likeness (QED) is 0.647. The van der Waals surface area contributed by atoms with Gasteiger partial charge in [-0.2, -0.15) is 0 Å². The molecule has 108 valence electrons. The Morgan fingerprint density at radius 1 is 1.26 bits per heavy atom. The average Bonchev–Trinajstić information content (AvgIpc) is 2.39. The van der Waals surface area contributed by atoms with Gasteiger partial charge in [0.2, 0.25) is 16.0 Å². The fraction of sp³-hybridized carbons (Fsp3) is 0.636. The maximum Gasteiger partial charge on any atom is 0.243 e. The molecule has 7 nitrogen and oxygen atoms in total. The van der Waals surface area contributed by atoms with Crippen LogP contribution in [0.1, 0.15) is 20.3 Å². The van der Waals surface area contributed by atoms with Gasteiger partial charge in [0.1, 0.15) is 4.90 Å². The SMILES string of the molecule is CCNc1ncc(S(=O)(=O)NCCCOCC)cn1. The summed E-state index contributed by atoms with van der Waals surface area (Å²) < 4.78 is 31.4. The summed E-state index contributed by atoms with van der Waals surface area (Å²) in [5, 5.41) is 2.90. The lowest BCUT2D eigenvalue weighted by Crippen LogP contribution is -2.26. The third kappa shape index (κ3) is 5.50. The lowest BCUT2D eigenvalue weighted by Gasteiger charge is -2.07. The normalized spacial score (nSPS) is 11.5. The maximum atomic E-state index is 11.9. The lowest BCUT2D eigenvalue weighted by molar-refractivity contribution is 0.146. The van der Waals surface area contributed by atoms with Gasteiger partial charge in [0.25, 0.3) is 0 Å². The molecule has 1 aromatic heterocycles. The average molecular weight is 288 g/mol. The zero-order chi connectivity index (χ0) is 14.1. The van der Waals surface area contributed by atoms with E-state index >= 15 is 0 Å². The highest BCUT2D eigenvalue weighted by Crippen LogP contribution is 2.07. The molecule has 0 bridgehead atoms. The Labute approximate surface area is 113 Å². The zero-order valence-electron chi connectivity index (χ0n) is 11.2. The van der Waals surface area contributed by atoms with Gasteiger partial charge in [0.15, 0.2) is 0 Å². The van der Waals surface area contributed by atoms with E-state index in [9.17, 15) is 8.42 Å². The first-order chi connectivity index (χ1) is 9.10. The van der Waals surface area contributed by atoms with Crippen LogP contribution < -0.4 is 10.0 Å². The van der Waals surface area contributed by atoms with Gasteiger partial charge in [0, 0.05) is 26.3 Å². The molecular formula is C11H20N4O3S. The van der Waals surface area contributed by atoms with E-state index in [1.807, 2.05) is 13.8 Å². The Morgan fingerprint density at radius 3 is 2.53 bits per heavy atom. The molecule has 0 fully saturated rings. The highest BCUT2D eigenvalue weighted by molar-refractivity contribution is 7.89. The Kier molecular flexibility index (Phi) is 6.68. The van der Waals surface area contributed by atoms with E-state index in [-0.39, 0.29) is 4.90 Å². The number of sulfonamides is 1. The monoisotopic (exact) mass is 288 g/mol. The fourth-order valence-electron chi connectivity index (χ4n) is 1.31. The summed E-state index contributed by atoms with van der Waals surface area (Å²) in [7, 11) is -3.54. The van der Waals surface area contributed by atoms with Gasteiger partial charge in [-0.05, 0) is 20.3 Å². The molecule has 0 saturated carbocycles. The number of anilines is 1. The van der Waals surface area contributed by atoms with Gasteiger partial charge >= 0.3 is 0 Å². The minimum atomic E-state index is -3.54. The molecule has 0 radical (unpaired) electrons. The molecule has 0 spiro atoms. The number of hydrogen-bond acceptors (Lipinski definition) is 6. The molecule has 0 aliphatic carbocycles. The number of nitrogens with zero attached hydrogens (tertiary/aromatic N) is 2. The Bertz CT molecular complexity index is 461. The van der Waals surface area contributed by atoms with Crippen LogP contribution in [0.5, 0.6) is 0 Å². The smallest absolute Gasteiger partial charge is 0.243 e. The molecule has 1 rings (SSSR count). The van der Waals surface area contributed by atoms with Crippen LogP contribution in [0.15, 0.2) is 17.3 Å². The van der Waals surface area contributed by atoms with Crippen molar-refractivity contribution < 1.29 is 13.2 Å². The summed E-state index contributed by atoms with van der Waals surface area (Å²) in [6, 6.07) is 0. The van der Waals surface area contributed by atoms with Crippen molar-refractivity contribution in [3.05, 3.63) is 12.4 Å². The third-order valence-corrected chi connectivity index (χ3v) is 3.65. The summed E-state index contributed by atoms with van der Waals surface area (Å²) in [5.41, 5.74) is 0. The van der Waals surface area contributed by atoms with Crippen LogP contribution in [0.2, 0.25) is 0 Å². The molecule has 0 amide bonds. The molecule has 1 aromatic rings. The van der Waals surface area contributed by atoms with E-state index in [0.29, 0.717) is 38.7 Å². The van der Waals surface area contributed by atoms with Crippen LogP contribution in [0.4, 0.5) is 5.95 Å². The van der Waals surface area contributed by atoms with Gasteiger partial charge in [-0.3, -0.25) is 0 Å². The largest absolute Gasteiger partial charge is 0.382 e. The predicted molar refractivity (Wildman–Crippen MR) is 72.5 cm³/mol. The standard InChI is InChI=1S/C11H20N4O3S/c1-3-12-11-13-8-10(9-14-11)19(16,17)15-6-5-7-18-4-2/h8-9,15H,3-7H2,1-2H3,(H,12,13,14). The molecule has 8 heteroatoms. The minimum absolute atomic E-state index is 0.0607. The summed E-state index contributed by atoms with van der Waals surface area (Å²) >= 11 is 0. The van der Waals surface area contributed by atoms with Crippen molar-refractivity contribution in [1.29, 1.82) is 0 Å². The number of aromatic nitrogens is 2. The van der Waals surface area contributed by atoms with Gasteiger partial charge in [-0.1, -0.05) is 0 Å².